The molecule has 0 radical (unpaired) electrons. The van der Waals surface area contributed by atoms with Crippen molar-refractivity contribution in [2.24, 2.45) is 5.92 Å². The van der Waals surface area contributed by atoms with Gasteiger partial charge in [-0.25, -0.2) is 9.78 Å². The highest BCUT2D eigenvalue weighted by molar-refractivity contribution is 5.88. The Morgan fingerprint density at radius 1 is 1.33 bits per heavy atom. The maximum absolute atomic E-state index is 12.8. The second-order valence-corrected chi connectivity index (χ2v) is 6.92. The average Bonchev–Trinajstić information content (AvgIpc) is 3.33. The molecule has 1 aliphatic carbocycles. The number of fused-ring (bicyclic) bond motifs is 2. The van der Waals surface area contributed by atoms with Crippen LogP contribution in [0.25, 0.3) is 10.9 Å². The fourth-order valence-corrected chi connectivity index (χ4v) is 3.77. The lowest BCUT2D eigenvalue weighted by Crippen LogP contribution is -2.46. The molecule has 7 heteroatoms. The highest BCUT2D eigenvalue weighted by Gasteiger charge is 2.30. The molecule has 2 atom stereocenters. The molecule has 7 nitrogen and oxygen atoms in total. The predicted octanol–water partition coefficient (Wildman–Crippen LogP) is 1.90. The summed E-state index contributed by atoms with van der Waals surface area (Å²) < 4.78 is 4.93. The molecule has 0 fully saturated rings. The Bertz CT molecular complexity index is 974. The van der Waals surface area contributed by atoms with Crippen LogP contribution in [0.5, 0.6) is 0 Å². The van der Waals surface area contributed by atoms with Gasteiger partial charge in [0.05, 0.1) is 19.1 Å². The van der Waals surface area contributed by atoms with E-state index in [2.05, 4.69) is 20.3 Å². The Hall–Kier alpha value is -3.09. The molecule has 1 aliphatic rings. The van der Waals surface area contributed by atoms with Gasteiger partial charge in [-0.2, -0.15) is 0 Å². The number of nitrogens with zero attached hydrogens (tertiary/aromatic N) is 1. The van der Waals surface area contributed by atoms with E-state index in [4.69, 9.17) is 4.74 Å². The summed E-state index contributed by atoms with van der Waals surface area (Å²) >= 11 is 0. The first-order valence-electron chi connectivity index (χ1n) is 9.10. The number of amides is 1. The van der Waals surface area contributed by atoms with E-state index in [-0.39, 0.29) is 11.8 Å². The second kappa shape index (κ2) is 7.26. The van der Waals surface area contributed by atoms with Crippen molar-refractivity contribution in [2.45, 2.75) is 31.7 Å². The predicted molar refractivity (Wildman–Crippen MR) is 100 cm³/mol. The molecule has 3 aromatic rings. The topological polar surface area (TPSA) is 99.9 Å². The number of carbonyl (C=O) groups excluding carboxylic acids is 2. The number of methoxy groups -OCH3 is 1. The molecule has 2 unspecified atom stereocenters. The van der Waals surface area contributed by atoms with Gasteiger partial charge in [0.15, 0.2) is 0 Å². The molecule has 0 aliphatic heterocycles. The van der Waals surface area contributed by atoms with Gasteiger partial charge in [-0.3, -0.25) is 4.79 Å². The molecule has 0 saturated carbocycles. The van der Waals surface area contributed by atoms with Gasteiger partial charge >= 0.3 is 5.97 Å². The minimum atomic E-state index is -0.718. The van der Waals surface area contributed by atoms with E-state index in [1.54, 1.807) is 6.33 Å². The fraction of sp³-hybridized carbons (Fsp3) is 0.350. The number of aromatic amines is 2. The van der Waals surface area contributed by atoms with Gasteiger partial charge in [0.2, 0.25) is 5.91 Å². The third-order valence-electron chi connectivity index (χ3n) is 5.26. The normalized spacial score (nSPS) is 17.3. The van der Waals surface area contributed by atoms with E-state index < -0.39 is 12.0 Å². The van der Waals surface area contributed by atoms with Crippen molar-refractivity contribution in [1.82, 2.24) is 20.3 Å². The van der Waals surface area contributed by atoms with E-state index in [1.165, 1.54) is 7.11 Å². The molecule has 27 heavy (non-hydrogen) atoms. The zero-order valence-electron chi connectivity index (χ0n) is 15.1. The summed E-state index contributed by atoms with van der Waals surface area (Å²) in [6, 6.07) is 7.17. The van der Waals surface area contributed by atoms with Gasteiger partial charge < -0.3 is 20.0 Å². The van der Waals surface area contributed by atoms with Crippen LogP contribution in [0.1, 0.15) is 23.4 Å². The number of imidazole rings is 1. The second-order valence-electron chi connectivity index (χ2n) is 6.92. The van der Waals surface area contributed by atoms with E-state index >= 15 is 0 Å². The number of rotatable bonds is 5. The van der Waals surface area contributed by atoms with E-state index in [1.807, 2.05) is 30.5 Å². The highest BCUT2D eigenvalue weighted by Crippen LogP contribution is 2.24. The van der Waals surface area contributed by atoms with Crippen molar-refractivity contribution in [2.75, 3.05) is 7.11 Å². The van der Waals surface area contributed by atoms with Crippen LogP contribution >= 0.6 is 0 Å². The minimum Gasteiger partial charge on any atom is -0.467 e. The van der Waals surface area contributed by atoms with E-state index in [9.17, 15) is 9.59 Å². The Labute approximate surface area is 156 Å². The number of aromatic nitrogens is 3. The molecule has 0 spiro atoms. The monoisotopic (exact) mass is 366 g/mol. The Morgan fingerprint density at radius 2 is 2.19 bits per heavy atom. The number of carbonyl (C=O) groups is 2. The third kappa shape index (κ3) is 3.45. The summed E-state index contributed by atoms with van der Waals surface area (Å²) in [5.41, 5.74) is 4.01. The molecular weight excluding hydrogens is 344 g/mol. The number of aryl methyl sites for hydroxylation is 1. The molecule has 140 valence electrons. The van der Waals surface area contributed by atoms with Crippen molar-refractivity contribution in [3.63, 3.8) is 0 Å². The molecule has 0 bridgehead atoms. The minimum absolute atomic E-state index is 0.120. The molecular formula is C20H22N4O3. The standard InChI is InChI=1S/C20H22N4O3/c1-27-20(26)18(9-13-10-21-15-5-3-2-4-14(13)15)24-19(25)12-6-7-16-17(8-12)23-11-22-16/h2-5,10-12,18,21H,6-9H2,1H3,(H,22,23)(H,24,25). The molecule has 3 N–H and O–H groups in total. The molecule has 4 rings (SSSR count). The van der Waals surface area contributed by atoms with Crippen LogP contribution in [-0.4, -0.2) is 40.0 Å². The molecule has 1 amide bonds. The molecule has 0 saturated heterocycles. The average molecular weight is 366 g/mol. The Balaban J connectivity index is 1.49. The quantitative estimate of drug-likeness (QED) is 0.601. The Kier molecular flexibility index (Phi) is 4.66. The fourth-order valence-electron chi connectivity index (χ4n) is 3.77. The van der Waals surface area contributed by atoms with Gasteiger partial charge in [0.25, 0.3) is 0 Å². The lowest BCUT2D eigenvalue weighted by molar-refractivity contribution is -0.145. The van der Waals surface area contributed by atoms with Crippen LogP contribution in [0.15, 0.2) is 36.8 Å². The zero-order chi connectivity index (χ0) is 18.8. The van der Waals surface area contributed by atoms with Gasteiger partial charge in [0.1, 0.15) is 6.04 Å². The SMILES string of the molecule is COC(=O)C(Cc1c[nH]c2ccccc12)NC(=O)C1CCc2nc[nH]c2C1. The van der Waals surface area contributed by atoms with E-state index in [0.717, 1.165) is 40.7 Å². The number of nitrogens with one attached hydrogen (secondary N) is 3. The number of hydrogen-bond donors (Lipinski definition) is 3. The summed E-state index contributed by atoms with van der Waals surface area (Å²) in [7, 11) is 1.34. The molecule has 2 aromatic heterocycles. The van der Waals surface area contributed by atoms with Crippen LogP contribution in [0.3, 0.4) is 0 Å². The number of hydrogen-bond acceptors (Lipinski definition) is 4. The highest BCUT2D eigenvalue weighted by atomic mass is 16.5. The van der Waals surface area contributed by atoms with Gasteiger partial charge in [0, 0.05) is 41.6 Å². The van der Waals surface area contributed by atoms with Crippen molar-refractivity contribution in [3.8, 4) is 0 Å². The Morgan fingerprint density at radius 3 is 3.04 bits per heavy atom. The number of para-hydroxylation sites is 1. The van der Waals surface area contributed by atoms with Crippen molar-refractivity contribution in [1.29, 1.82) is 0 Å². The van der Waals surface area contributed by atoms with Crippen LogP contribution in [-0.2, 0) is 33.6 Å². The van der Waals surface area contributed by atoms with Gasteiger partial charge in [-0.1, -0.05) is 18.2 Å². The molecule has 1 aromatic carbocycles. The zero-order valence-corrected chi connectivity index (χ0v) is 15.1. The van der Waals surface area contributed by atoms with Crippen molar-refractivity contribution >= 4 is 22.8 Å². The van der Waals surface area contributed by atoms with Crippen LogP contribution in [0.2, 0.25) is 0 Å². The summed E-state index contributed by atoms with van der Waals surface area (Å²) in [5.74, 6) is -0.731. The summed E-state index contributed by atoms with van der Waals surface area (Å²) in [6.07, 6.45) is 6.03. The maximum atomic E-state index is 12.8. The molecule has 2 heterocycles. The largest absolute Gasteiger partial charge is 0.467 e. The third-order valence-corrected chi connectivity index (χ3v) is 5.26. The lowest BCUT2D eigenvalue weighted by Gasteiger charge is -2.23. The lowest BCUT2D eigenvalue weighted by atomic mass is 9.89. The number of esters is 1. The van der Waals surface area contributed by atoms with Gasteiger partial charge in [-0.15, -0.1) is 0 Å². The van der Waals surface area contributed by atoms with E-state index in [0.29, 0.717) is 12.8 Å². The smallest absolute Gasteiger partial charge is 0.328 e. The maximum Gasteiger partial charge on any atom is 0.328 e. The van der Waals surface area contributed by atoms with Gasteiger partial charge in [-0.05, 0) is 24.5 Å². The van der Waals surface area contributed by atoms with Crippen molar-refractivity contribution < 1.29 is 14.3 Å². The number of H-pyrrole nitrogens is 2. The summed E-state index contributed by atoms with van der Waals surface area (Å²) in [4.78, 5) is 35.6. The number of benzene rings is 1. The first kappa shape index (κ1) is 17.3. The van der Waals surface area contributed by atoms with Crippen molar-refractivity contribution in [3.05, 3.63) is 53.7 Å². The summed E-state index contributed by atoms with van der Waals surface area (Å²) in [6.45, 7) is 0. The van der Waals surface area contributed by atoms with Crippen LogP contribution in [0, 0.1) is 5.92 Å². The summed E-state index contributed by atoms with van der Waals surface area (Å²) in [5, 5.41) is 3.94. The first-order valence-corrected chi connectivity index (χ1v) is 9.10. The number of ether oxygens (including phenoxy) is 1. The van der Waals surface area contributed by atoms with Crippen LogP contribution < -0.4 is 5.32 Å². The first-order chi connectivity index (χ1) is 13.2. The van der Waals surface area contributed by atoms with Crippen LogP contribution in [0.4, 0.5) is 0 Å².